The van der Waals surface area contributed by atoms with Crippen molar-refractivity contribution in [2.24, 2.45) is 0 Å². The van der Waals surface area contributed by atoms with Crippen LogP contribution in [-0.4, -0.2) is 19.6 Å². The number of benzene rings is 6. The van der Waals surface area contributed by atoms with E-state index in [-0.39, 0.29) is 47.8 Å². The summed E-state index contributed by atoms with van der Waals surface area (Å²) in [5.41, 5.74) is 15.3. The fraction of sp³-hybridized carbons (Fsp3) is 0.276. The maximum absolute atomic E-state index is 12.5. The van der Waals surface area contributed by atoms with Crippen LogP contribution in [-0.2, 0) is 42.1 Å². The topological polar surface area (TPSA) is 50.9 Å². The number of aromatic hydroxyl groups is 1. The van der Waals surface area contributed by atoms with Gasteiger partial charge in [-0.25, -0.2) is 4.98 Å². The van der Waals surface area contributed by atoms with Crippen LogP contribution < -0.4 is 0 Å². The Morgan fingerprint density at radius 2 is 1.08 bits per heavy atom. The smallest absolute Gasteiger partial charge is 0.148 e. The Kier molecular flexibility index (Phi) is 12.1. The Morgan fingerprint density at radius 3 is 1.70 bits per heavy atom. The number of pyridine rings is 1. The minimum absolute atomic E-state index is 0. The summed E-state index contributed by atoms with van der Waals surface area (Å²) in [6, 6.07) is 51.2. The van der Waals surface area contributed by atoms with E-state index in [1.165, 1.54) is 11.1 Å². The van der Waals surface area contributed by atoms with Crippen molar-refractivity contribution in [3.05, 3.63) is 168 Å². The zero-order valence-electron chi connectivity index (χ0n) is 38.9. The molecule has 0 aliphatic carbocycles. The third kappa shape index (κ3) is 9.10. The summed E-state index contributed by atoms with van der Waals surface area (Å²) < 4.78 is 2.28. The molecular formula is C58H60N3OPd-. The molecule has 0 atom stereocenters. The van der Waals surface area contributed by atoms with Gasteiger partial charge in [0.05, 0.1) is 22.3 Å². The Labute approximate surface area is 389 Å². The largest absolute Gasteiger partial charge is 0.507 e. The third-order valence-electron chi connectivity index (χ3n) is 12.1. The molecule has 2 aromatic heterocycles. The number of rotatable bonds is 6. The second-order valence-electron chi connectivity index (χ2n) is 21.0. The normalized spacial score (nSPS) is 12.4. The summed E-state index contributed by atoms with van der Waals surface area (Å²) >= 11 is 0. The molecule has 0 saturated carbocycles. The predicted molar refractivity (Wildman–Crippen MR) is 261 cm³/mol. The summed E-state index contributed by atoms with van der Waals surface area (Å²) in [6.07, 6.45) is 1.89. The van der Waals surface area contributed by atoms with Gasteiger partial charge in [0.1, 0.15) is 11.6 Å². The summed E-state index contributed by atoms with van der Waals surface area (Å²) in [5, 5.41) is 12.5. The van der Waals surface area contributed by atoms with Gasteiger partial charge in [-0.2, -0.15) is 0 Å². The maximum atomic E-state index is 12.5. The van der Waals surface area contributed by atoms with Gasteiger partial charge in [0.25, 0.3) is 0 Å². The summed E-state index contributed by atoms with van der Waals surface area (Å²) in [4.78, 5) is 10.6. The molecule has 8 rings (SSSR count). The molecule has 0 saturated heterocycles. The van der Waals surface area contributed by atoms with Gasteiger partial charge in [0.15, 0.2) is 0 Å². The fourth-order valence-corrected chi connectivity index (χ4v) is 8.27. The standard InChI is InChI=1S/C58H60N3O.Pd/c1-55(2,3)42-26-27-50(46(34-42)38-22-17-14-18-23-38)61-51-25-19-24-45(52(51)60-54(61)47-35-44(57(7,8)9)36-48(53(47)62)58(10,11)12)40-30-41(32-43(31-40)56(4,5)6)49-33-39(28-29-59-49)37-20-15-13-16-21-37;/h13-29,31-36,62H,1-12H3;/q-1;. The van der Waals surface area contributed by atoms with E-state index < -0.39 is 0 Å². The molecule has 0 bridgehead atoms. The van der Waals surface area contributed by atoms with E-state index >= 15 is 0 Å². The SMILES string of the molecule is CC(C)(C)c1cc(-c2cc(-c3ccccc3)ccn2)[c-]c(-c2cccc3c2nc(-c2cc(C(C)(C)C)cc(C(C)(C)C)c2O)n3-c2ccc(C(C)(C)C)cc2-c2ccccc2)c1.[Pd]. The van der Waals surface area contributed by atoms with Crippen molar-refractivity contribution in [2.45, 2.75) is 105 Å². The minimum atomic E-state index is -0.323. The van der Waals surface area contributed by atoms with Crippen LogP contribution in [0.1, 0.15) is 105 Å². The van der Waals surface area contributed by atoms with Crippen LogP contribution in [0.5, 0.6) is 5.75 Å². The first kappa shape index (κ1) is 45.4. The summed E-state index contributed by atoms with van der Waals surface area (Å²) in [7, 11) is 0. The number of phenolic OH excluding ortho intramolecular Hbond substituents is 1. The maximum Gasteiger partial charge on any atom is 0.148 e. The van der Waals surface area contributed by atoms with E-state index in [1.54, 1.807) is 0 Å². The van der Waals surface area contributed by atoms with Crippen LogP contribution in [0.3, 0.4) is 0 Å². The van der Waals surface area contributed by atoms with E-state index in [4.69, 9.17) is 9.97 Å². The molecule has 0 fully saturated rings. The van der Waals surface area contributed by atoms with Gasteiger partial charge in [-0.15, -0.1) is 29.3 Å². The van der Waals surface area contributed by atoms with E-state index in [1.807, 2.05) is 12.3 Å². The van der Waals surface area contributed by atoms with Gasteiger partial charge in [-0.1, -0.05) is 185 Å². The molecule has 0 radical (unpaired) electrons. The molecule has 0 aliphatic rings. The van der Waals surface area contributed by atoms with Gasteiger partial charge in [0, 0.05) is 43.4 Å². The van der Waals surface area contributed by atoms with E-state index in [9.17, 15) is 5.11 Å². The minimum Gasteiger partial charge on any atom is -0.507 e. The van der Waals surface area contributed by atoms with Gasteiger partial charge in [0.2, 0.25) is 0 Å². The van der Waals surface area contributed by atoms with Crippen molar-refractivity contribution in [1.29, 1.82) is 0 Å². The molecule has 0 amide bonds. The van der Waals surface area contributed by atoms with Gasteiger partial charge in [-0.05, 0) is 79.8 Å². The number of fused-ring (bicyclic) bond motifs is 1. The summed E-state index contributed by atoms with van der Waals surface area (Å²) in [5.74, 6) is 0.941. The molecule has 0 unspecified atom stereocenters. The fourth-order valence-electron chi connectivity index (χ4n) is 8.27. The zero-order valence-corrected chi connectivity index (χ0v) is 40.4. The third-order valence-corrected chi connectivity index (χ3v) is 12.1. The number of phenols is 1. The molecule has 2 heterocycles. The summed E-state index contributed by atoms with van der Waals surface area (Å²) in [6.45, 7) is 26.7. The second-order valence-corrected chi connectivity index (χ2v) is 21.0. The second kappa shape index (κ2) is 16.8. The molecule has 5 heteroatoms. The first-order chi connectivity index (χ1) is 29.2. The molecule has 4 nitrogen and oxygen atoms in total. The molecular weight excluding hydrogens is 861 g/mol. The Hall–Kier alpha value is -5.60. The Balaban J connectivity index is 0.00000595. The van der Waals surface area contributed by atoms with Gasteiger partial charge >= 0.3 is 0 Å². The van der Waals surface area contributed by atoms with Crippen molar-refractivity contribution in [2.75, 3.05) is 0 Å². The Morgan fingerprint density at radius 1 is 0.492 bits per heavy atom. The Bertz CT molecular complexity index is 2930. The first-order valence-electron chi connectivity index (χ1n) is 21.9. The van der Waals surface area contributed by atoms with Crippen molar-refractivity contribution in [3.8, 4) is 67.5 Å². The number of aromatic nitrogens is 3. The van der Waals surface area contributed by atoms with Crippen LogP contribution in [0.2, 0.25) is 0 Å². The number of para-hydroxylation sites is 1. The van der Waals surface area contributed by atoms with Crippen LogP contribution in [0.15, 0.2) is 140 Å². The molecule has 0 aliphatic heterocycles. The quantitative estimate of drug-likeness (QED) is 0.134. The van der Waals surface area contributed by atoms with Crippen LogP contribution in [0.25, 0.3) is 72.7 Å². The van der Waals surface area contributed by atoms with Crippen molar-refractivity contribution in [3.63, 3.8) is 0 Å². The first-order valence-corrected chi connectivity index (χ1v) is 21.9. The van der Waals surface area contributed by atoms with Crippen molar-refractivity contribution < 1.29 is 25.5 Å². The monoisotopic (exact) mass is 920 g/mol. The molecule has 63 heavy (non-hydrogen) atoms. The number of hydrogen-bond donors (Lipinski definition) is 1. The predicted octanol–water partition coefficient (Wildman–Crippen LogP) is 15.4. The van der Waals surface area contributed by atoms with Gasteiger partial charge in [-0.3, -0.25) is 9.55 Å². The van der Waals surface area contributed by atoms with E-state index in [0.29, 0.717) is 11.4 Å². The van der Waals surface area contributed by atoms with Crippen LogP contribution >= 0.6 is 0 Å². The number of nitrogens with zero attached hydrogens (tertiary/aromatic N) is 3. The molecule has 8 aromatic rings. The average Bonchev–Trinajstić information content (AvgIpc) is 3.62. The van der Waals surface area contributed by atoms with Crippen molar-refractivity contribution >= 4 is 11.0 Å². The van der Waals surface area contributed by atoms with E-state index in [0.717, 1.165) is 72.5 Å². The number of imidazole rings is 1. The average molecular weight is 922 g/mol. The molecule has 0 spiro atoms. The van der Waals surface area contributed by atoms with E-state index in [2.05, 4.69) is 221 Å². The van der Waals surface area contributed by atoms with Crippen molar-refractivity contribution in [1.82, 2.24) is 14.5 Å². The zero-order chi connectivity index (χ0) is 44.4. The number of hydrogen-bond acceptors (Lipinski definition) is 3. The van der Waals surface area contributed by atoms with Gasteiger partial charge < -0.3 is 5.11 Å². The molecule has 324 valence electrons. The van der Waals surface area contributed by atoms with Crippen LogP contribution in [0.4, 0.5) is 0 Å². The molecule has 6 aromatic carbocycles. The molecule has 1 N–H and O–H groups in total. The van der Waals surface area contributed by atoms with Crippen LogP contribution in [0, 0.1) is 6.07 Å².